The van der Waals surface area contributed by atoms with Crippen LogP contribution in [0.15, 0.2) is 75.3 Å². The first-order valence-corrected chi connectivity index (χ1v) is 10.9. The van der Waals surface area contributed by atoms with Crippen LogP contribution >= 0.6 is 11.3 Å². The summed E-state index contributed by atoms with van der Waals surface area (Å²) >= 11 is 1.76. The molecular weight excluding hydrogens is 378 g/mol. The fraction of sp³-hybridized carbons (Fsp3) is 0.240. The van der Waals surface area contributed by atoms with Crippen molar-refractivity contribution in [2.75, 3.05) is 0 Å². The van der Waals surface area contributed by atoms with Gasteiger partial charge in [0.05, 0.1) is 4.88 Å². The van der Waals surface area contributed by atoms with Crippen LogP contribution in [0.1, 0.15) is 52.9 Å². The fourth-order valence-electron chi connectivity index (χ4n) is 3.97. The van der Waals surface area contributed by atoms with Gasteiger partial charge < -0.3 is 9.73 Å². The third-order valence-electron chi connectivity index (χ3n) is 5.42. The Balaban J connectivity index is 1.73. The van der Waals surface area contributed by atoms with Gasteiger partial charge in [-0.3, -0.25) is 0 Å². The Morgan fingerprint density at radius 2 is 1.83 bits per heavy atom. The highest BCUT2D eigenvalue weighted by atomic mass is 32.1. The monoisotopic (exact) mass is 404 g/mol. The normalized spacial score (nSPS) is 12.6. The zero-order valence-corrected chi connectivity index (χ0v) is 17.8. The number of thiophene rings is 1. The maximum absolute atomic E-state index is 12.2. The molecule has 2 aromatic heterocycles. The van der Waals surface area contributed by atoms with Crippen molar-refractivity contribution in [3.8, 4) is 0 Å². The minimum atomic E-state index is -0.287. The third-order valence-corrected chi connectivity index (χ3v) is 6.38. The fourth-order valence-corrected chi connectivity index (χ4v) is 4.82. The van der Waals surface area contributed by atoms with E-state index in [1.54, 1.807) is 17.4 Å². The summed E-state index contributed by atoms with van der Waals surface area (Å²) in [6, 6.07) is 20.8. The van der Waals surface area contributed by atoms with Crippen molar-refractivity contribution in [1.29, 1.82) is 0 Å². The molecular formula is C25H26NO2S+. The van der Waals surface area contributed by atoms with Gasteiger partial charge >= 0.3 is 5.63 Å². The zero-order valence-electron chi connectivity index (χ0n) is 17.0. The largest absolute Gasteiger partial charge is 0.423 e. The van der Waals surface area contributed by atoms with E-state index in [1.165, 1.54) is 16.0 Å². The van der Waals surface area contributed by atoms with Gasteiger partial charge in [0.15, 0.2) is 0 Å². The number of nitrogens with two attached hydrogens (primary N) is 1. The number of hydrogen-bond donors (Lipinski definition) is 1. The Kier molecular flexibility index (Phi) is 5.65. The quantitative estimate of drug-likeness (QED) is 0.452. The van der Waals surface area contributed by atoms with E-state index in [2.05, 4.69) is 73.9 Å². The van der Waals surface area contributed by atoms with Gasteiger partial charge in [-0.2, -0.15) is 0 Å². The van der Waals surface area contributed by atoms with E-state index in [1.807, 2.05) is 12.1 Å². The van der Waals surface area contributed by atoms with Crippen molar-refractivity contribution in [3.05, 3.63) is 104 Å². The number of quaternary nitrogens is 1. The van der Waals surface area contributed by atoms with E-state index in [0.717, 1.165) is 16.5 Å². The first kappa shape index (κ1) is 19.6. The average molecular weight is 405 g/mol. The van der Waals surface area contributed by atoms with Crippen LogP contribution in [0.4, 0.5) is 0 Å². The molecule has 0 amide bonds. The molecule has 2 aromatic carbocycles. The summed E-state index contributed by atoms with van der Waals surface area (Å²) < 4.78 is 5.51. The molecule has 4 rings (SSSR count). The summed E-state index contributed by atoms with van der Waals surface area (Å²) in [7, 11) is 0. The molecule has 0 fully saturated rings. The third kappa shape index (κ3) is 4.19. The van der Waals surface area contributed by atoms with Crippen molar-refractivity contribution >= 4 is 22.3 Å². The van der Waals surface area contributed by atoms with Gasteiger partial charge in [-0.05, 0) is 47.5 Å². The number of hydrogen-bond acceptors (Lipinski definition) is 3. The van der Waals surface area contributed by atoms with Crippen LogP contribution in [0.25, 0.3) is 11.0 Å². The predicted molar refractivity (Wildman–Crippen MR) is 120 cm³/mol. The van der Waals surface area contributed by atoms with Gasteiger partial charge in [0.2, 0.25) is 0 Å². The highest BCUT2D eigenvalue weighted by Crippen LogP contribution is 2.27. The summed E-state index contributed by atoms with van der Waals surface area (Å²) in [5.41, 5.74) is 5.14. The molecule has 4 heteroatoms. The molecule has 0 aliphatic rings. The second-order valence-electron chi connectivity index (χ2n) is 7.79. The highest BCUT2D eigenvalue weighted by molar-refractivity contribution is 7.10. The molecule has 2 N–H and O–H groups in total. The van der Waals surface area contributed by atoms with Crippen LogP contribution in [-0.4, -0.2) is 0 Å². The van der Waals surface area contributed by atoms with Crippen molar-refractivity contribution in [2.24, 2.45) is 0 Å². The lowest BCUT2D eigenvalue weighted by atomic mass is 9.94. The molecule has 0 saturated heterocycles. The van der Waals surface area contributed by atoms with Crippen molar-refractivity contribution in [1.82, 2.24) is 0 Å². The van der Waals surface area contributed by atoms with Gasteiger partial charge in [-0.15, -0.1) is 11.3 Å². The molecule has 0 radical (unpaired) electrons. The molecule has 1 atom stereocenters. The first-order chi connectivity index (χ1) is 14.0. The second kappa shape index (κ2) is 8.36. The highest BCUT2D eigenvalue weighted by Gasteiger charge is 2.20. The van der Waals surface area contributed by atoms with E-state index in [9.17, 15) is 4.79 Å². The minimum absolute atomic E-state index is 0.202. The van der Waals surface area contributed by atoms with E-state index in [-0.39, 0.29) is 11.7 Å². The van der Waals surface area contributed by atoms with E-state index in [4.69, 9.17) is 4.42 Å². The molecule has 148 valence electrons. The van der Waals surface area contributed by atoms with E-state index < -0.39 is 0 Å². The minimum Gasteiger partial charge on any atom is -0.423 e. The lowest BCUT2D eigenvalue weighted by Gasteiger charge is -2.16. The van der Waals surface area contributed by atoms with Crippen molar-refractivity contribution in [3.63, 3.8) is 0 Å². The Labute approximate surface area is 175 Å². The van der Waals surface area contributed by atoms with Gasteiger partial charge in [0.1, 0.15) is 18.2 Å². The Morgan fingerprint density at radius 1 is 1.03 bits per heavy atom. The van der Waals surface area contributed by atoms with E-state index in [0.29, 0.717) is 18.0 Å². The topological polar surface area (TPSA) is 46.8 Å². The summed E-state index contributed by atoms with van der Waals surface area (Å²) in [6.45, 7) is 7.18. The van der Waals surface area contributed by atoms with Gasteiger partial charge in [0.25, 0.3) is 0 Å². The van der Waals surface area contributed by atoms with E-state index >= 15 is 0 Å². The van der Waals surface area contributed by atoms with Crippen LogP contribution in [0.3, 0.4) is 0 Å². The standard InChI is InChI=1S/C25H25NO2S/c1-16(2)20-14-21-19(13-24(27)28-22(21)12-17(20)3)15-26-25(23-10-7-11-29-23)18-8-5-4-6-9-18/h4-14,16,25-26H,15H2,1-3H3/p+1/t25-/m1/s1. The number of aryl methyl sites for hydroxylation is 1. The molecule has 0 bridgehead atoms. The SMILES string of the molecule is Cc1cc2oc(=O)cc(C[NH2+][C@H](c3ccccc3)c3cccs3)c2cc1C(C)C. The smallest absolute Gasteiger partial charge is 0.336 e. The summed E-state index contributed by atoms with van der Waals surface area (Å²) in [4.78, 5) is 13.5. The molecule has 4 aromatic rings. The molecule has 2 heterocycles. The lowest BCUT2D eigenvalue weighted by molar-refractivity contribution is -0.701. The van der Waals surface area contributed by atoms with Crippen molar-refractivity contribution < 1.29 is 9.73 Å². The predicted octanol–water partition coefficient (Wildman–Crippen LogP) is 5.14. The maximum Gasteiger partial charge on any atom is 0.336 e. The Bertz CT molecular complexity index is 1160. The molecule has 0 aliphatic heterocycles. The summed E-state index contributed by atoms with van der Waals surface area (Å²) in [5.74, 6) is 0.423. The van der Waals surface area contributed by atoms with Crippen LogP contribution in [0.2, 0.25) is 0 Å². The average Bonchev–Trinajstić information content (AvgIpc) is 3.22. The van der Waals surface area contributed by atoms with Crippen molar-refractivity contribution in [2.45, 2.75) is 39.3 Å². The maximum atomic E-state index is 12.2. The Morgan fingerprint density at radius 3 is 2.52 bits per heavy atom. The number of rotatable bonds is 6. The molecule has 0 unspecified atom stereocenters. The van der Waals surface area contributed by atoms with Crippen LogP contribution in [0.5, 0.6) is 0 Å². The van der Waals surface area contributed by atoms with Crippen LogP contribution in [-0.2, 0) is 6.54 Å². The van der Waals surface area contributed by atoms with Gasteiger partial charge in [0, 0.05) is 22.6 Å². The van der Waals surface area contributed by atoms with Crippen LogP contribution in [0, 0.1) is 6.92 Å². The van der Waals surface area contributed by atoms with Crippen LogP contribution < -0.4 is 10.9 Å². The molecule has 0 aliphatic carbocycles. The first-order valence-electron chi connectivity index (χ1n) is 10.0. The van der Waals surface area contributed by atoms with Gasteiger partial charge in [-0.1, -0.05) is 50.2 Å². The number of benzene rings is 2. The number of fused-ring (bicyclic) bond motifs is 1. The lowest BCUT2D eigenvalue weighted by Crippen LogP contribution is -2.83. The second-order valence-corrected chi connectivity index (χ2v) is 8.77. The summed E-state index contributed by atoms with van der Waals surface area (Å²) in [5, 5.41) is 5.46. The molecule has 3 nitrogen and oxygen atoms in total. The summed E-state index contributed by atoms with van der Waals surface area (Å²) in [6.07, 6.45) is 0. The molecule has 0 spiro atoms. The van der Waals surface area contributed by atoms with Gasteiger partial charge in [-0.25, -0.2) is 4.79 Å². The Hall–Kier alpha value is -2.69. The zero-order chi connectivity index (χ0) is 20.4. The molecule has 0 saturated carbocycles. The molecule has 29 heavy (non-hydrogen) atoms.